The number of pyridine rings is 1. The van der Waals surface area contributed by atoms with Crippen LogP contribution in [0.5, 0.6) is 0 Å². The third-order valence-electron chi connectivity index (χ3n) is 6.21. The van der Waals surface area contributed by atoms with Gasteiger partial charge in [0.2, 0.25) is 0 Å². The van der Waals surface area contributed by atoms with Gasteiger partial charge in [0.05, 0.1) is 29.4 Å². The predicted molar refractivity (Wildman–Crippen MR) is 147 cm³/mol. The van der Waals surface area contributed by atoms with Gasteiger partial charge in [-0.25, -0.2) is 19.9 Å². The van der Waals surface area contributed by atoms with E-state index in [1.54, 1.807) is 13.0 Å². The molecule has 2 amide bonds. The molecule has 220 valence electrons. The molecule has 41 heavy (non-hydrogen) atoms. The Morgan fingerprint density at radius 1 is 1.10 bits per heavy atom. The van der Waals surface area contributed by atoms with Gasteiger partial charge in [0.1, 0.15) is 33.5 Å². The summed E-state index contributed by atoms with van der Waals surface area (Å²) in [6.45, 7) is 9.14. The van der Waals surface area contributed by atoms with Crippen LogP contribution in [0.1, 0.15) is 50.6 Å². The van der Waals surface area contributed by atoms with Crippen molar-refractivity contribution < 1.29 is 27.5 Å². The number of carbonyl (C=O) groups excluding carboxylic acids is 2. The number of anilines is 2. The summed E-state index contributed by atoms with van der Waals surface area (Å²) in [5, 5.41) is 4.96. The molecule has 16 heteroatoms. The maximum absolute atomic E-state index is 13.1. The van der Waals surface area contributed by atoms with E-state index in [0.717, 1.165) is 50.3 Å². The molecule has 11 nitrogen and oxygen atoms in total. The van der Waals surface area contributed by atoms with Crippen molar-refractivity contribution in [2.24, 2.45) is 0 Å². The number of hydrogen-bond donors (Lipinski definition) is 2. The first-order valence-corrected chi connectivity index (χ1v) is 13.9. The zero-order chi connectivity index (χ0) is 29.6. The van der Waals surface area contributed by atoms with Crippen molar-refractivity contribution in [1.29, 1.82) is 0 Å². The van der Waals surface area contributed by atoms with Crippen LogP contribution in [0.2, 0.25) is 5.02 Å². The number of amides is 2. The van der Waals surface area contributed by atoms with Gasteiger partial charge in [0, 0.05) is 51.6 Å². The molecule has 0 radical (unpaired) electrons. The van der Waals surface area contributed by atoms with Gasteiger partial charge in [-0.1, -0.05) is 11.6 Å². The molecule has 1 atom stereocenters. The molecule has 1 saturated heterocycles. The van der Waals surface area contributed by atoms with Crippen LogP contribution in [0.4, 0.5) is 24.8 Å². The van der Waals surface area contributed by atoms with Crippen molar-refractivity contribution in [3.05, 3.63) is 57.0 Å². The molecule has 1 aliphatic heterocycles. The van der Waals surface area contributed by atoms with Gasteiger partial charge in [-0.2, -0.15) is 13.2 Å². The first-order valence-electron chi connectivity index (χ1n) is 12.7. The van der Waals surface area contributed by atoms with Crippen molar-refractivity contribution in [3.63, 3.8) is 0 Å². The number of nitrogens with zero attached hydrogens (tertiary/aromatic N) is 6. The molecule has 1 aliphatic rings. The normalized spacial score (nSPS) is 15.0. The number of alkyl halides is 3. The van der Waals surface area contributed by atoms with Crippen LogP contribution in [0, 0.1) is 0 Å². The molecule has 4 rings (SSSR count). The van der Waals surface area contributed by atoms with Gasteiger partial charge in [0.15, 0.2) is 0 Å². The highest BCUT2D eigenvalue weighted by Gasteiger charge is 2.34. The van der Waals surface area contributed by atoms with E-state index in [-0.39, 0.29) is 16.4 Å². The Morgan fingerprint density at radius 3 is 2.56 bits per heavy atom. The lowest BCUT2D eigenvalue weighted by Crippen LogP contribution is -2.47. The van der Waals surface area contributed by atoms with Crippen molar-refractivity contribution in [2.75, 3.05) is 56.2 Å². The number of ether oxygens (including phenoxy) is 1. The first-order chi connectivity index (χ1) is 19.5. The monoisotopic (exact) mass is 612 g/mol. The van der Waals surface area contributed by atoms with E-state index in [2.05, 4.69) is 40.4 Å². The molecular formula is C25H28ClF3N8O3S. The molecule has 3 aromatic rings. The Kier molecular flexibility index (Phi) is 10.1. The highest BCUT2D eigenvalue weighted by atomic mass is 35.5. The minimum absolute atomic E-state index is 0.121. The Bertz CT molecular complexity index is 1370. The summed E-state index contributed by atoms with van der Waals surface area (Å²) in [6, 6.07) is 1.71. The topological polar surface area (TPSA) is 125 Å². The van der Waals surface area contributed by atoms with E-state index in [4.69, 9.17) is 16.3 Å². The Labute approximate surface area is 243 Å². The minimum atomic E-state index is -4.70. The SMILES string of the molecule is CCOCCN1CCN(c2cc(C(=O)N[C@H](C)c3ncc(C(=O)Nc4cc(C(F)(F)F)c(Cl)cn4)s3)ncn2)CC1. The molecule has 0 bridgehead atoms. The quantitative estimate of drug-likeness (QED) is 0.328. The predicted octanol–water partition coefficient (Wildman–Crippen LogP) is 3.90. The lowest BCUT2D eigenvalue weighted by atomic mass is 10.2. The largest absolute Gasteiger partial charge is 0.418 e. The summed E-state index contributed by atoms with van der Waals surface area (Å²) >= 11 is 6.56. The fraction of sp³-hybridized carbons (Fsp3) is 0.440. The van der Waals surface area contributed by atoms with E-state index >= 15 is 0 Å². The van der Waals surface area contributed by atoms with Crippen LogP contribution < -0.4 is 15.5 Å². The average Bonchev–Trinajstić information content (AvgIpc) is 3.45. The van der Waals surface area contributed by atoms with Crippen LogP contribution in [-0.4, -0.2) is 82.6 Å². The minimum Gasteiger partial charge on any atom is -0.380 e. The van der Waals surface area contributed by atoms with E-state index in [1.165, 1.54) is 12.5 Å². The van der Waals surface area contributed by atoms with Crippen LogP contribution in [-0.2, 0) is 10.9 Å². The fourth-order valence-corrected chi connectivity index (χ4v) is 5.04. The molecule has 0 aliphatic carbocycles. The summed E-state index contributed by atoms with van der Waals surface area (Å²) in [4.78, 5) is 46.4. The lowest BCUT2D eigenvalue weighted by Gasteiger charge is -2.35. The van der Waals surface area contributed by atoms with E-state index in [1.807, 2.05) is 6.92 Å². The summed E-state index contributed by atoms with van der Waals surface area (Å²) in [5.41, 5.74) is -0.928. The van der Waals surface area contributed by atoms with Gasteiger partial charge in [-0.05, 0) is 19.9 Å². The van der Waals surface area contributed by atoms with Crippen LogP contribution in [0.15, 0.2) is 30.9 Å². The second-order valence-electron chi connectivity index (χ2n) is 9.05. The molecule has 1 fully saturated rings. The van der Waals surface area contributed by atoms with Gasteiger partial charge in [0.25, 0.3) is 11.8 Å². The van der Waals surface area contributed by atoms with Crippen LogP contribution in [0.3, 0.4) is 0 Å². The molecule has 0 unspecified atom stereocenters. The second kappa shape index (κ2) is 13.5. The number of thiazole rings is 1. The molecule has 0 saturated carbocycles. The van der Waals surface area contributed by atoms with Gasteiger partial charge in [-0.3, -0.25) is 14.5 Å². The van der Waals surface area contributed by atoms with Crippen LogP contribution in [0.25, 0.3) is 0 Å². The smallest absolute Gasteiger partial charge is 0.380 e. The highest BCUT2D eigenvalue weighted by Crippen LogP contribution is 2.35. The second-order valence-corrected chi connectivity index (χ2v) is 10.5. The number of hydrogen-bond acceptors (Lipinski definition) is 10. The zero-order valence-electron chi connectivity index (χ0n) is 22.2. The molecule has 4 heterocycles. The Hall–Kier alpha value is -3.40. The van der Waals surface area contributed by atoms with Gasteiger partial charge >= 0.3 is 6.18 Å². The molecule has 3 aromatic heterocycles. The Morgan fingerprint density at radius 2 is 1.85 bits per heavy atom. The molecule has 2 N–H and O–H groups in total. The van der Waals surface area contributed by atoms with E-state index in [0.29, 0.717) is 30.1 Å². The summed E-state index contributed by atoms with van der Waals surface area (Å²) in [5.74, 6) is -0.800. The highest BCUT2D eigenvalue weighted by molar-refractivity contribution is 7.13. The number of piperazine rings is 1. The Balaban J connectivity index is 1.33. The van der Waals surface area contributed by atoms with Crippen molar-refractivity contribution in [2.45, 2.75) is 26.1 Å². The first kappa shape index (κ1) is 30.6. The number of rotatable bonds is 10. The number of aromatic nitrogens is 4. The summed E-state index contributed by atoms with van der Waals surface area (Å²) in [7, 11) is 0. The van der Waals surface area contributed by atoms with E-state index in [9.17, 15) is 22.8 Å². The molecular weight excluding hydrogens is 585 g/mol. The lowest BCUT2D eigenvalue weighted by molar-refractivity contribution is -0.137. The molecule has 0 aromatic carbocycles. The van der Waals surface area contributed by atoms with Crippen molar-refractivity contribution in [1.82, 2.24) is 30.2 Å². The molecule has 0 spiro atoms. The third-order valence-corrected chi connectivity index (χ3v) is 7.69. The average molecular weight is 613 g/mol. The standard InChI is InChI=1S/C25H28ClF3N8O3S/c1-3-40-9-8-36-4-6-37(7-5-36)21-11-18(32-14-33-21)22(38)34-15(2)24-31-13-19(41-24)23(39)35-20-10-16(25(27,28)29)17(26)12-30-20/h10-15H,3-9H2,1-2H3,(H,34,38)(H,30,35,39)/t15-/m1/s1. The maximum atomic E-state index is 13.1. The maximum Gasteiger partial charge on any atom is 0.418 e. The fourth-order valence-electron chi connectivity index (χ4n) is 4.01. The van der Waals surface area contributed by atoms with E-state index < -0.39 is 34.6 Å². The number of nitrogens with one attached hydrogen (secondary N) is 2. The van der Waals surface area contributed by atoms with Crippen molar-refractivity contribution >= 4 is 46.4 Å². The third kappa shape index (κ3) is 8.09. The van der Waals surface area contributed by atoms with Gasteiger partial charge < -0.3 is 20.3 Å². The number of carbonyl (C=O) groups is 2. The zero-order valence-corrected chi connectivity index (χ0v) is 23.8. The van der Waals surface area contributed by atoms with Gasteiger partial charge in [-0.15, -0.1) is 11.3 Å². The number of halogens is 4. The van der Waals surface area contributed by atoms with Crippen LogP contribution >= 0.6 is 22.9 Å². The van der Waals surface area contributed by atoms with Crippen molar-refractivity contribution in [3.8, 4) is 0 Å². The summed E-state index contributed by atoms with van der Waals surface area (Å²) < 4.78 is 44.7. The summed E-state index contributed by atoms with van der Waals surface area (Å²) in [6.07, 6.45) is -1.27.